The Bertz CT molecular complexity index is 190. The summed E-state index contributed by atoms with van der Waals surface area (Å²) in [7, 11) is -4.02. The fraction of sp³-hybridized carbons (Fsp3) is 1.00. The molecule has 0 amide bonds. The first kappa shape index (κ1) is 15.0. The van der Waals surface area contributed by atoms with E-state index in [0.717, 1.165) is 12.8 Å². The second kappa shape index (κ2) is 9.27. The third-order valence-corrected chi connectivity index (χ3v) is 2.38. The summed E-state index contributed by atoms with van der Waals surface area (Å²) in [4.78, 5) is 13.6. The number of rotatable bonds is 10. The lowest BCUT2D eigenvalue weighted by atomic mass is 10.3. The van der Waals surface area contributed by atoms with Crippen LogP contribution in [0.4, 0.5) is 0 Å². The van der Waals surface area contributed by atoms with Crippen molar-refractivity contribution in [2.24, 2.45) is 5.73 Å². The highest BCUT2D eigenvalue weighted by Gasteiger charge is 2.21. The van der Waals surface area contributed by atoms with Gasteiger partial charge in [0.15, 0.2) is 0 Å². The predicted molar refractivity (Wildman–Crippen MR) is 56.0 cm³/mol. The quantitative estimate of drug-likeness (QED) is 0.261. The fourth-order valence-electron chi connectivity index (χ4n) is 0.755. The van der Waals surface area contributed by atoms with E-state index in [0.29, 0.717) is 19.4 Å². The summed E-state index contributed by atoms with van der Waals surface area (Å²) >= 11 is 0. The molecule has 7 heteroatoms. The number of hydrogen-bond acceptors (Lipinski definition) is 5. The molecule has 0 aromatic carbocycles. The Morgan fingerprint density at radius 2 is 2.00 bits per heavy atom. The normalized spacial score (nSPS) is 15.1. The van der Waals surface area contributed by atoms with Crippen molar-refractivity contribution in [2.45, 2.75) is 32.6 Å². The van der Waals surface area contributed by atoms with E-state index < -0.39 is 7.82 Å². The van der Waals surface area contributed by atoms with Crippen LogP contribution in [0.1, 0.15) is 32.6 Å². The maximum absolute atomic E-state index is 11.1. The van der Waals surface area contributed by atoms with Gasteiger partial charge in [0, 0.05) is 0 Å². The van der Waals surface area contributed by atoms with Crippen molar-refractivity contribution in [1.82, 2.24) is 0 Å². The molecule has 0 spiro atoms. The molecule has 0 bridgehead atoms. The van der Waals surface area contributed by atoms with E-state index in [1.165, 1.54) is 0 Å². The van der Waals surface area contributed by atoms with Crippen LogP contribution in [0, 0.1) is 0 Å². The van der Waals surface area contributed by atoms with E-state index in [1.54, 1.807) is 0 Å². The van der Waals surface area contributed by atoms with Crippen LogP contribution in [0.15, 0.2) is 0 Å². The van der Waals surface area contributed by atoms with E-state index in [4.69, 9.17) is 10.6 Å². The molecule has 15 heavy (non-hydrogen) atoms. The average Bonchev–Trinajstić information content (AvgIpc) is 2.17. The monoisotopic (exact) mass is 241 g/mol. The van der Waals surface area contributed by atoms with Crippen LogP contribution in [0.5, 0.6) is 0 Å². The highest BCUT2D eigenvalue weighted by molar-refractivity contribution is 7.47. The molecular formula is C8H20NO5P. The summed E-state index contributed by atoms with van der Waals surface area (Å²) in [6.45, 7) is 2.94. The standard InChI is InChI=1S/C8H20NO5P/c1-2-3-8-13-15(10,11)14-12-7-5-4-6-9/h2-9H2,1H3,(H,10,11). The van der Waals surface area contributed by atoms with Gasteiger partial charge in [-0.1, -0.05) is 13.3 Å². The summed E-state index contributed by atoms with van der Waals surface area (Å²) in [6.07, 6.45) is 3.07. The zero-order chi connectivity index (χ0) is 11.6. The van der Waals surface area contributed by atoms with Crippen LogP contribution in [-0.2, 0) is 18.7 Å². The molecule has 0 saturated carbocycles. The second-order valence-electron chi connectivity index (χ2n) is 3.05. The molecule has 0 aliphatic rings. The zero-order valence-electron chi connectivity index (χ0n) is 9.05. The van der Waals surface area contributed by atoms with Crippen molar-refractivity contribution >= 4 is 7.82 Å². The Morgan fingerprint density at radius 1 is 1.27 bits per heavy atom. The Hall–Kier alpha value is 0.0300. The van der Waals surface area contributed by atoms with Crippen molar-refractivity contribution < 1.29 is 23.5 Å². The SMILES string of the molecule is CCCCOP(=O)(O)OOCCCCN. The first-order valence-electron chi connectivity index (χ1n) is 5.11. The highest BCUT2D eigenvalue weighted by atomic mass is 31.2. The molecule has 6 nitrogen and oxygen atoms in total. The number of phosphoric ester groups is 1. The number of hydrogen-bond donors (Lipinski definition) is 2. The van der Waals surface area contributed by atoms with Crippen LogP contribution in [0.25, 0.3) is 0 Å². The molecule has 92 valence electrons. The molecule has 0 radical (unpaired) electrons. The molecule has 0 aromatic heterocycles. The van der Waals surface area contributed by atoms with E-state index >= 15 is 0 Å². The molecule has 3 N–H and O–H groups in total. The van der Waals surface area contributed by atoms with E-state index in [1.807, 2.05) is 6.92 Å². The lowest BCUT2D eigenvalue weighted by Gasteiger charge is -2.10. The van der Waals surface area contributed by atoms with Gasteiger partial charge in [0.25, 0.3) is 0 Å². The summed E-state index contributed by atoms with van der Waals surface area (Å²) in [5.41, 5.74) is 5.25. The molecule has 0 aliphatic heterocycles. The molecule has 0 saturated heterocycles. The minimum absolute atomic E-state index is 0.191. The molecule has 0 heterocycles. The van der Waals surface area contributed by atoms with Crippen molar-refractivity contribution in [1.29, 1.82) is 0 Å². The zero-order valence-corrected chi connectivity index (χ0v) is 9.95. The molecule has 0 aliphatic carbocycles. The lowest BCUT2D eigenvalue weighted by Crippen LogP contribution is -2.03. The van der Waals surface area contributed by atoms with Gasteiger partial charge >= 0.3 is 7.82 Å². The Labute approximate surface area is 90.2 Å². The van der Waals surface area contributed by atoms with Crippen molar-refractivity contribution in [2.75, 3.05) is 19.8 Å². The molecule has 1 unspecified atom stereocenters. The third kappa shape index (κ3) is 10.3. The second-order valence-corrected chi connectivity index (χ2v) is 4.39. The smallest absolute Gasteiger partial charge is 0.330 e. The van der Waals surface area contributed by atoms with Gasteiger partial charge in [0.05, 0.1) is 13.2 Å². The van der Waals surface area contributed by atoms with Gasteiger partial charge in [0.2, 0.25) is 0 Å². The van der Waals surface area contributed by atoms with Crippen LogP contribution >= 0.6 is 7.82 Å². The first-order valence-corrected chi connectivity index (χ1v) is 6.60. The highest BCUT2D eigenvalue weighted by Crippen LogP contribution is 2.43. The predicted octanol–water partition coefficient (Wildman–Crippen LogP) is 1.59. The maximum atomic E-state index is 11.1. The summed E-state index contributed by atoms with van der Waals surface area (Å²) in [5, 5.41) is 0. The fourth-order valence-corrected chi connectivity index (χ4v) is 1.37. The molecular weight excluding hydrogens is 221 g/mol. The Morgan fingerprint density at radius 3 is 2.60 bits per heavy atom. The van der Waals surface area contributed by atoms with E-state index in [-0.39, 0.29) is 13.2 Å². The van der Waals surface area contributed by atoms with Gasteiger partial charge in [-0.15, -0.1) is 4.67 Å². The van der Waals surface area contributed by atoms with Gasteiger partial charge < -0.3 is 10.6 Å². The lowest BCUT2D eigenvalue weighted by molar-refractivity contribution is -0.224. The number of unbranched alkanes of at least 4 members (excludes halogenated alkanes) is 2. The van der Waals surface area contributed by atoms with Gasteiger partial charge in [-0.05, 0) is 25.8 Å². The van der Waals surface area contributed by atoms with Crippen LogP contribution in [0.3, 0.4) is 0 Å². The minimum Gasteiger partial charge on any atom is -0.330 e. The topological polar surface area (TPSA) is 91.0 Å². The molecule has 0 aromatic rings. The van der Waals surface area contributed by atoms with Crippen LogP contribution in [-0.4, -0.2) is 24.7 Å². The third-order valence-electron chi connectivity index (χ3n) is 1.58. The molecule has 0 fully saturated rings. The van der Waals surface area contributed by atoms with Crippen molar-refractivity contribution in [3.05, 3.63) is 0 Å². The van der Waals surface area contributed by atoms with Gasteiger partial charge in [-0.3, -0.25) is 4.52 Å². The minimum atomic E-state index is -4.02. The van der Waals surface area contributed by atoms with Crippen LogP contribution in [0.2, 0.25) is 0 Å². The maximum Gasteiger partial charge on any atom is 0.499 e. The number of nitrogens with two attached hydrogens (primary N) is 1. The van der Waals surface area contributed by atoms with Gasteiger partial charge in [-0.2, -0.15) is 0 Å². The molecule has 1 atom stereocenters. The summed E-state index contributed by atoms with van der Waals surface area (Å²) in [5.74, 6) is 0. The largest absolute Gasteiger partial charge is 0.499 e. The van der Waals surface area contributed by atoms with E-state index in [2.05, 4.69) is 14.1 Å². The Kier molecular flexibility index (Phi) is 9.29. The van der Waals surface area contributed by atoms with Gasteiger partial charge in [-0.25, -0.2) is 9.45 Å². The van der Waals surface area contributed by atoms with Crippen LogP contribution < -0.4 is 5.73 Å². The summed E-state index contributed by atoms with van der Waals surface area (Å²) in [6, 6.07) is 0. The Balaban J connectivity index is 3.43. The van der Waals surface area contributed by atoms with Crippen molar-refractivity contribution in [3.63, 3.8) is 0 Å². The van der Waals surface area contributed by atoms with Gasteiger partial charge in [0.1, 0.15) is 0 Å². The molecule has 0 rings (SSSR count). The summed E-state index contributed by atoms with van der Waals surface area (Å²) < 4.78 is 20.0. The average molecular weight is 241 g/mol. The van der Waals surface area contributed by atoms with Crippen molar-refractivity contribution in [3.8, 4) is 0 Å². The first-order chi connectivity index (χ1) is 7.12. The number of phosphoric acid groups is 1. The van der Waals surface area contributed by atoms with E-state index in [9.17, 15) is 4.57 Å².